The Balaban J connectivity index is 1.19. The molecule has 1 saturated heterocycles. The first-order valence-electron chi connectivity index (χ1n) is 12.9. The quantitative estimate of drug-likeness (QED) is 0.576. The molecular weight excluding hydrogens is 430 g/mol. The van der Waals surface area contributed by atoms with Gasteiger partial charge in [0.05, 0.1) is 19.5 Å². The topological polar surface area (TPSA) is 38.5 Å². The Hall–Kier alpha value is -1.86. The molecule has 0 radical (unpaired) electrons. The number of ether oxygens (including phenoxy) is 1. The third-order valence-electron chi connectivity index (χ3n) is 8.88. The Labute approximate surface area is 202 Å². The number of hydrogen-bond donors (Lipinski definition) is 0. The van der Waals surface area contributed by atoms with Gasteiger partial charge >= 0.3 is 0 Å². The van der Waals surface area contributed by atoms with Gasteiger partial charge in [0.25, 0.3) is 0 Å². The van der Waals surface area contributed by atoms with Gasteiger partial charge in [0.15, 0.2) is 4.77 Å². The monoisotopic (exact) mass is 467 g/mol. The van der Waals surface area contributed by atoms with Crippen LogP contribution in [-0.4, -0.2) is 52.5 Å². The normalized spacial score (nSPS) is 31.3. The third-order valence-corrected chi connectivity index (χ3v) is 9.31. The van der Waals surface area contributed by atoms with Crippen molar-refractivity contribution >= 4 is 17.9 Å². The minimum absolute atomic E-state index is 0.284. The zero-order valence-corrected chi connectivity index (χ0v) is 20.9. The summed E-state index contributed by atoms with van der Waals surface area (Å²) in [5.41, 5.74) is 1.47. The van der Waals surface area contributed by atoms with E-state index in [4.69, 9.17) is 22.1 Å². The molecular formula is C26H37N5OS. The maximum Gasteiger partial charge on any atom is 0.199 e. The maximum absolute atomic E-state index is 5.98. The van der Waals surface area contributed by atoms with Gasteiger partial charge in [-0.1, -0.05) is 12.1 Å². The van der Waals surface area contributed by atoms with E-state index in [-0.39, 0.29) is 5.41 Å². The molecule has 7 rings (SSSR count). The minimum Gasteiger partial charge on any atom is -0.495 e. The standard InChI is InChI=1S/C26H37N5OS/c1-3-30-24(26-15-19-12-20(16-26)14-21(13-19)17-26)27-31(25(30)33)18-28-8-10-29(11-9-28)22-6-4-5-7-23(22)32-2/h4-7,19-21H,3,8-18H2,1-2H3. The molecule has 178 valence electrons. The van der Waals surface area contributed by atoms with Gasteiger partial charge in [0, 0.05) is 38.1 Å². The van der Waals surface area contributed by atoms with Crippen molar-refractivity contribution in [3.63, 3.8) is 0 Å². The van der Waals surface area contributed by atoms with E-state index in [0.717, 1.165) is 67.7 Å². The summed E-state index contributed by atoms with van der Waals surface area (Å²) in [4.78, 5) is 4.93. The fraction of sp³-hybridized carbons (Fsp3) is 0.692. The number of piperazine rings is 1. The van der Waals surface area contributed by atoms with E-state index in [1.807, 2.05) is 12.1 Å². The molecule has 4 aliphatic carbocycles. The molecule has 0 amide bonds. The highest BCUT2D eigenvalue weighted by molar-refractivity contribution is 7.71. The summed E-state index contributed by atoms with van der Waals surface area (Å²) < 4.78 is 11.0. The van der Waals surface area contributed by atoms with Gasteiger partial charge < -0.3 is 14.2 Å². The third kappa shape index (κ3) is 3.72. The summed E-state index contributed by atoms with van der Waals surface area (Å²) in [7, 11) is 1.75. The van der Waals surface area contributed by atoms with Crippen LogP contribution in [-0.2, 0) is 18.6 Å². The molecule has 6 nitrogen and oxygen atoms in total. The van der Waals surface area contributed by atoms with Gasteiger partial charge in [-0.15, -0.1) is 0 Å². The lowest BCUT2D eigenvalue weighted by Gasteiger charge is -2.56. The second-order valence-corrected chi connectivity index (χ2v) is 11.3. The molecule has 0 spiro atoms. The lowest BCUT2D eigenvalue weighted by molar-refractivity contribution is -0.0114. The summed E-state index contributed by atoms with van der Waals surface area (Å²) in [5.74, 6) is 5.02. The number of aromatic nitrogens is 3. The Kier molecular flexibility index (Phi) is 5.52. The van der Waals surface area contributed by atoms with Crippen molar-refractivity contribution in [2.75, 3.05) is 38.2 Å². The van der Waals surface area contributed by atoms with Crippen LogP contribution in [0.2, 0.25) is 0 Å². The molecule has 4 bridgehead atoms. The Morgan fingerprint density at radius 3 is 2.24 bits per heavy atom. The van der Waals surface area contributed by atoms with Gasteiger partial charge in [-0.2, -0.15) is 5.10 Å². The largest absolute Gasteiger partial charge is 0.495 e. The maximum atomic E-state index is 5.98. The summed E-state index contributed by atoms with van der Waals surface area (Å²) >= 11 is 5.98. The highest BCUT2D eigenvalue weighted by atomic mass is 32.1. The first-order valence-corrected chi connectivity index (χ1v) is 13.3. The number of nitrogens with zero attached hydrogens (tertiary/aromatic N) is 5. The van der Waals surface area contributed by atoms with Crippen LogP contribution in [0.5, 0.6) is 5.75 Å². The number of methoxy groups -OCH3 is 1. The van der Waals surface area contributed by atoms with Crippen LogP contribution in [0, 0.1) is 22.5 Å². The fourth-order valence-corrected chi connectivity index (χ4v) is 8.12. The molecule has 0 atom stereocenters. The van der Waals surface area contributed by atoms with Crippen molar-refractivity contribution in [2.45, 2.75) is 64.1 Å². The molecule has 5 fully saturated rings. The molecule has 7 heteroatoms. The molecule has 1 aromatic carbocycles. The lowest BCUT2D eigenvalue weighted by atomic mass is 9.49. The number of anilines is 1. The van der Waals surface area contributed by atoms with Gasteiger partial charge in [0.1, 0.15) is 11.6 Å². The Morgan fingerprint density at radius 2 is 1.64 bits per heavy atom. The van der Waals surface area contributed by atoms with E-state index in [1.54, 1.807) is 7.11 Å². The van der Waals surface area contributed by atoms with Gasteiger partial charge in [-0.25, -0.2) is 4.68 Å². The molecule has 1 aromatic heterocycles. The summed E-state index contributed by atoms with van der Waals surface area (Å²) in [6, 6.07) is 8.33. The second kappa shape index (κ2) is 8.42. The molecule has 33 heavy (non-hydrogen) atoms. The molecule has 0 N–H and O–H groups in total. The van der Waals surface area contributed by atoms with Crippen molar-refractivity contribution in [2.24, 2.45) is 17.8 Å². The number of rotatable bonds is 6. The van der Waals surface area contributed by atoms with E-state index in [9.17, 15) is 0 Å². The number of para-hydroxylation sites is 2. The van der Waals surface area contributed by atoms with Crippen molar-refractivity contribution < 1.29 is 4.74 Å². The molecule has 1 aliphatic heterocycles. The highest BCUT2D eigenvalue weighted by Crippen LogP contribution is 2.60. The fourth-order valence-electron chi connectivity index (χ4n) is 7.81. The average molecular weight is 468 g/mol. The van der Waals surface area contributed by atoms with E-state index in [2.05, 4.69) is 38.1 Å². The number of benzene rings is 1. The van der Waals surface area contributed by atoms with Gasteiger partial charge in [-0.3, -0.25) is 4.90 Å². The molecule has 0 unspecified atom stereocenters. The van der Waals surface area contributed by atoms with E-state index in [0.29, 0.717) is 0 Å². The number of hydrogen-bond acceptors (Lipinski definition) is 5. The average Bonchev–Trinajstić information content (AvgIpc) is 3.14. The molecule has 2 aromatic rings. The summed E-state index contributed by atoms with van der Waals surface area (Å²) in [5, 5.41) is 5.27. The smallest absolute Gasteiger partial charge is 0.199 e. The molecule has 5 aliphatic rings. The second-order valence-electron chi connectivity index (χ2n) is 11.0. The molecule has 4 saturated carbocycles. The van der Waals surface area contributed by atoms with Crippen LogP contribution in [0.1, 0.15) is 51.3 Å². The van der Waals surface area contributed by atoms with Crippen LogP contribution in [0.15, 0.2) is 24.3 Å². The lowest BCUT2D eigenvalue weighted by Crippen LogP contribution is -2.50. The van der Waals surface area contributed by atoms with Crippen molar-refractivity contribution in [3.8, 4) is 5.75 Å². The van der Waals surface area contributed by atoms with Crippen LogP contribution < -0.4 is 9.64 Å². The van der Waals surface area contributed by atoms with E-state index >= 15 is 0 Å². The zero-order chi connectivity index (χ0) is 22.6. The SMILES string of the molecule is CCn1c(C23CC4CC(CC(C4)C2)C3)nn(CN2CCN(c3ccccc3OC)CC2)c1=S. The van der Waals surface area contributed by atoms with Crippen molar-refractivity contribution in [1.82, 2.24) is 19.2 Å². The van der Waals surface area contributed by atoms with E-state index in [1.165, 1.54) is 50.0 Å². The van der Waals surface area contributed by atoms with Crippen molar-refractivity contribution in [1.29, 1.82) is 0 Å². The Bertz CT molecular complexity index is 1030. The van der Waals surface area contributed by atoms with Gasteiger partial charge in [-0.05, 0) is 87.6 Å². The first-order chi connectivity index (χ1) is 16.1. The van der Waals surface area contributed by atoms with Crippen LogP contribution in [0.4, 0.5) is 5.69 Å². The zero-order valence-electron chi connectivity index (χ0n) is 20.1. The van der Waals surface area contributed by atoms with Crippen LogP contribution >= 0.6 is 12.2 Å². The predicted molar refractivity (Wildman–Crippen MR) is 133 cm³/mol. The van der Waals surface area contributed by atoms with Crippen LogP contribution in [0.25, 0.3) is 0 Å². The van der Waals surface area contributed by atoms with E-state index < -0.39 is 0 Å². The first kappa shape index (κ1) is 21.7. The van der Waals surface area contributed by atoms with Crippen LogP contribution in [0.3, 0.4) is 0 Å². The summed E-state index contributed by atoms with van der Waals surface area (Å²) in [6.07, 6.45) is 8.39. The predicted octanol–water partition coefficient (Wildman–Crippen LogP) is 4.69. The highest BCUT2D eigenvalue weighted by Gasteiger charge is 2.53. The molecule has 2 heterocycles. The minimum atomic E-state index is 0.284. The Morgan fingerprint density at radius 1 is 1.00 bits per heavy atom. The van der Waals surface area contributed by atoms with Crippen molar-refractivity contribution in [3.05, 3.63) is 34.9 Å². The van der Waals surface area contributed by atoms with Gasteiger partial charge in [0.2, 0.25) is 0 Å². The summed E-state index contributed by atoms with van der Waals surface area (Å²) in [6.45, 7) is 7.95.